The lowest BCUT2D eigenvalue weighted by atomic mass is 9.74. The zero-order valence-electron chi connectivity index (χ0n) is 21.3. The van der Waals surface area contributed by atoms with Crippen molar-refractivity contribution in [2.45, 2.75) is 5.54 Å². The van der Waals surface area contributed by atoms with E-state index in [4.69, 9.17) is 18.9 Å². The molecule has 1 aliphatic rings. The van der Waals surface area contributed by atoms with Crippen molar-refractivity contribution in [1.29, 1.82) is 5.26 Å². The largest absolute Gasteiger partial charge is 0.519 e. The van der Waals surface area contributed by atoms with Crippen molar-refractivity contribution in [3.8, 4) is 23.3 Å². The van der Waals surface area contributed by atoms with Gasteiger partial charge in [-0.2, -0.15) is 5.26 Å². The third kappa shape index (κ3) is 5.68. The van der Waals surface area contributed by atoms with Crippen molar-refractivity contribution in [1.82, 2.24) is 0 Å². The molecule has 0 heterocycles. The molecule has 212 valence electrons. The fraction of sp³-hybridized carbons (Fsp3) is 0.103. The molecule has 2 atom stereocenters. The topological polar surface area (TPSA) is 155 Å². The van der Waals surface area contributed by atoms with Crippen LogP contribution >= 0.6 is 0 Å². The molecule has 0 aromatic heterocycles. The van der Waals surface area contributed by atoms with Crippen LogP contribution in [0.15, 0.2) is 114 Å². The van der Waals surface area contributed by atoms with E-state index in [9.17, 15) is 34.2 Å². The van der Waals surface area contributed by atoms with Gasteiger partial charge in [-0.25, -0.2) is 18.4 Å². The fourth-order valence-corrected chi connectivity index (χ4v) is 4.03. The monoisotopic (exact) mass is 576 g/mol. The van der Waals surface area contributed by atoms with Crippen molar-refractivity contribution in [2.24, 2.45) is 5.92 Å². The first-order chi connectivity index (χ1) is 20.2. The molecule has 4 rings (SSSR count). The van der Waals surface area contributed by atoms with Gasteiger partial charge in [-0.1, -0.05) is 54.6 Å². The number of esters is 2. The second-order valence-electron chi connectivity index (χ2n) is 8.44. The van der Waals surface area contributed by atoms with E-state index in [0.717, 1.165) is 6.07 Å². The number of nitriles is 1. The number of nitrogens with zero attached hydrogens (tertiary/aromatic N) is 2. The summed E-state index contributed by atoms with van der Waals surface area (Å²) in [5.41, 5.74) is -6.29. The third-order valence-electron chi connectivity index (χ3n) is 5.92. The summed E-state index contributed by atoms with van der Waals surface area (Å²) in [6, 6.07) is 22.3. The Morgan fingerprint density at radius 2 is 1.31 bits per heavy atom. The lowest BCUT2D eigenvalue weighted by Gasteiger charge is -2.32. The summed E-state index contributed by atoms with van der Waals surface area (Å²) in [6.45, 7) is -1.80. The fourth-order valence-electron chi connectivity index (χ4n) is 4.03. The van der Waals surface area contributed by atoms with Gasteiger partial charge < -0.3 is 18.9 Å². The van der Waals surface area contributed by atoms with Crippen molar-refractivity contribution in [3.05, 3.63) is 124 Å². The average Bonchev–Trinajstić information content (AvgIpc) is 2.98. The summed E-state index contributed by atoms with van der Waals surface area (Å²) in [5, 5.41) is 22.4. The number of carbonyl (C=O) groups is 3. The molecule has 1 aliphatic carbocycles. The molecule has 0 spiro atoms. The van der Waals surface area contributed by atoms with Crippen LogP contribution in [0.4, 0.5) is 13.6 Å². The summed E-state index contributed by atoms with van der Waals surface area (Å²) in [4.78, 5) is 50.2. The lowest BCUT2D eigenvalue weighted by molar-refractivity contribution is -0.550. The number of para-hydroxylation sites is 3. The Morgan fingerprint density at radius 3 is 1.76 bits per heavy atom. The van der Waals surface area contributed by atoms with Gasteiger partial charge in [0.15, 0.2) is 6.07 Å². The highest BCUT2D eigenvalue weighted by molar-refractivity contribution is 5.98. The first-order valence-corrected chi connectivity index (χ1v) is 12.0. The van der Waals surface area contributed by atoms with E-state index in [0.29, 0.717) is 0 Å². The molecular formula is C29H18F2N2O9. The van der Waals surface area contributed by atoms with Gasteiger partial charge in [-0.15, -0.1) is 0 Å². The number of ether oxygens (including phenoxy) is 4. The van der Waals surface area contributed by atoms with Crippen LogP contribution < -0.4 is 14.2 Å². The second kappa shape index (κ2) is 12.5. The van der Waals surface area contributed by atoms with Gasteiger partial charge in [0.05, 0.1) is 4.92 Å². The maximum Gasteiger partial charge on any atom is 0.519 e. The Bertz CT molecular complexity index is 1620. The predicted octanol–water partition coefficient (Wildman–Crippen LogP) is 5.03. The van der Waals surface area contributed by atoms with E-state index in [-0.39, 0.29) is 17.2 Å². The van der Waals surface area contributed by atoms with Gasteiger partial charge in [-0.3, -0.25) is 14.9 Å². The molecule has 0 saturated carbocycles. The summed E-state index contributed by atoms with van der Waals surface area (Å²) in [7, 11) is 0. The minimum Gasteiger partial charge on any atom is -0.426 e. The molecule has 0 radical (unpaired) electrons. The van der Waals surface area contributed by atoms with E-state index in [1.807, 2.05) is 0 Å². The number of benzene rings is 3. The van der Waals surface area contributed by atoms with Crippen LogP contribution in [-0.4, -0.2) is 35.2 Å². The van der Waals surface area contributed by atoms with Crippen LogP contribution in [0.1, 0.15) is 0 Å². The van der Waals surface area contributed by atoms with E-state index in [1.165, 1.54) is 72.8 Å². The summed E-state index contributed by atoms with van der Waals surface area (Å²) in [5.74, 6) is -9.87. The van der Waals surface area contributed by atoms with Crippen LogP contribution in [0.3, 0.4) is 0 Å². The SMILES string of the molecule is N#CC1([N+](=O)[O-])C(F)=C(C(=O)Oc2ccccc2)C(CF)=C(OC(=O)Oc2ccccc2)C1C(=O)Oc1ccccc1. The van der Waals surface area contributed by atoms with Crippen LogP contribution in [0, 0.1) is 27.4 Å². The van der Waals surface area contributed by atoms with Gasteiger partial charge in [0.25, 0.3) is 0 Å². The highest BCUT2D eigenvalue weighted by Gasteiger charge is 2.67. The second-order valence-corrected chi connectivity index (χ2v) is 8.44. The first kappa shape index (κ1) is 29.1. The van der Waals surface area contributed by atoms with Crippen LogP contribution in [0.2, 0.25) is 0 Å². The van der Waals surface area contributed by atoms with Gasteiger partial charge in [0, 0.05) is 5.57 Å². The summed E-state index contributed by atoms with van der Waals surface area (Å²) < 4.78 is 51.0. The molecule has 0 aliphatic heterocycles. The number of nitro groups is 1. The third-order valence-corrected chi connectivity index (χ3v) is 5.92. The molecule has 11 nitrogen and oxygen atoms in total. The van der Waals surface area contributed by atoms with E-state index in [1.54, 1.807) is 18.2 Å². The highest BCUT2D eigenvalue weighted by Crippen LogP contribution is 2.46. The normalized spacial score (nSPS) is 18.0. The predicted molar refractivity (Wildman–Crippen MR) is 138 cm³/mol. The van der Waals surface area contributed by atoms with Gasteiger partial charge >= 0.3 is 23.6 Å². The Kier molecular flexibility index (Phi) is 8.67. The number of hydrogen-bond donors (Lipinski definition) is 0. The molecule has 13 heteroatoms. The van der Waals surface area contributed by atoms with Crippen molar-refractivity contribution in [2.75, 3.05) is 6.67 Å². The van der Waals surface area contributed by atoms with Crippen molar-refractivity contribution in [3.63, 3.8) is 0 Å². The molecule has 0 fully saturated rings. The zero-order chi connectivity index (χ0) is 30.3. The highest BCUT2D eigenvalue weighted by atomic mass is 19.1. The molecule has 0 saturated heterocycles. The van der Waals surface area contributed by atoms with Crippen LogP contribution in [0.5, 0.6) is 17.2 Å². The van der Waals surface area contributed by atoms with E-state index < -0.39 is 63.9 Å². The Hall–Kier alpha value is -5.90. The maximum atomic E-state index is 16.2. The number of hydrogen-bond acceptors (Lipinski definition) is 10. The Labute approximate surface area is 235 Å². The smallest absolute Gasteiger partial charge is 0.426 e. The average molecular weight is 576 g/mol. The summed E-state index contributed by atoms with van der Waals surface area (Å²) in [6.07, 6.45) is -1.65. The van der Waals surface area contributed by atoms with Gasteiger partial charge in [0.1, 0.15) is 35.3 Å². The minimum absolute atomic E-state index is 0.0876. The van der Waals surface area contributed by atoms with E-state index in [2.05, 4.69) is 0 Å². The minimum atomic E-state index is -3.75. The lowest BCUT2D eigenvalue weighted by Crippen LogP contribution is -2.54. The number of alkyl halides is 1. The van der Waals surface area contributed by atoms with Crippen LogP contribution in [0.25, 0.3) is 0 Å². The number of rotatable bonds is 8. The Morgan fingerprint density at radius 1 is 0.833 bits per heavy atom. The molecule has 3 aromatic rings. The van der Waals surface area contributed by atoms with Crippen molar-refractivity contribution < 1.29 is 47.0 Å². The Balaban J connectivity index is 1.90. The first-order valence-electron chi connectivity index (χ1n) is 12.0. The van der Waals surface area contributed by atoms with Crippen molar-refractivity contribution >= 4 is 18.1 Å². The summed E-state index contributed by atoms with van der Waals surface area (Å²) >= 11 is 0. The quantitative estimate of drug-likeness (QED) is 0.117. The standard InChI is InChI=1S/C29H18F2N2O9/c30-16-21-22(26(34)39-18-10-4-1-5-11-18)25(31)29(17-32,33(37)38)23(27(35)40-19-12-6-2-7-13-19)24(21)42-28(36)41-20-14-8-3-9-15-20/h1-15,23H,16H2. The molecule has 2 unspecified atom stereocenters. The van der Waals surface area contributed by atoms with Gasteiger partial charge in [-0.05, 0) is 36.4 Å². The zero-order valence-corrected chi connectivity index (χ0v) is 21.3. The molecule has 42 heavy (non-hydrogen) atoms. The van der Waals surface area contributed by atoms with E-state index >= 15 is 4.39 Å². The van der Waals surface area contributed by atoms with Gasteiger partial charge in [0.2, 0.25) is 11.7 Å². The molecule has 0 N–H and O–H groups in total. The molecule has 0 bridgehead atoms. The van der Waals surface area contributed by atoms with Crippen LogP contribution in [-0.2, 0) is 14.3 Å². The molecule has 0 amide bonds. The number of halogens is 2. The molecule has 3 aromatic carbocycles. The molecular weight excluding hydrogens is 558 g/mol. The number of carbonyl (C=O) groups excluding carboxylic acids is 3. The maximum absolute atomic E-state index is 16.2.